The Morgan fingerprint density at radius 3 is 2.35 bits per heavy atom. The summed E-state index contributed by atoms with van der Waals surface area (Å²) in [6.07, 6.45) is 2.86. The number of anilines is 1. The van der Waals surface area contributed by atoms with E-state index in [0.717, 1.165) is 27.7 Å². The van der Waals surface area contributed by atoms with Gasteiger partial charge in [0.1, 0.15) is 5.82 Å². The molecule has 0 aliphatic carbocycles. The number of rotatable bonds is 7. The molecule has 0 bridgehead atoms. The van der Waals surface area contributed by atoms with Crippen LogP contribution in [0.4, 0.5) is 14.9 Å². The van der Waals surface area contributed by atoms with E-state index in [4.69, 9.17) is 0 Å². The fourth-order valence-corrected chi connectivity index (χ4v) is 3.11. The summed E-state index contributed by atoms with van der Waals surface area (Å²) in [5, 5.41) is 5.63. The SMILES string of the molecule is CSc1ccc(NC(=O)NCCCSc2ccc(F)cc2)cc1. The van der Waals surface area contributed by atoms with Crippen molar-refractivity contribution in [1.82, 2.24) is 5.32 Å². The maximum absolute atomic E-state index is 12.8. The van der Waals surface area contributed by atoms with Crippen molar-refractivity contribution in [3.8, 4) is 0 Å². The Labute approximate surface area is 144 Å². The average Bonchev–Trinajstić information content (AvgIpc) is 2.57. The molecule has 0 radical (unpaired) electrons. The molecule has 2 aromatic carbocycles. The van der Waals surface area contributed by atoms with Crippen LogP contribution < -0.4 is 10.6 Å². The molecule has 2 aromatic rings. The summed E-state index contributed by atoms with van der Waals surface area (Å²) >= 11 is 3.31. The fourth-order valence-electron chi connectivity index (χ4n) is 1.84. The first-order valence-electron chi connectivity index (χ1n) is 7.24. The van der Waals surface area contributed by atoms with Gasteiger partial charge in [-0.1, -0.05) is 0 Å². The van der Waals surface area contributed by atoms with Gasteiger partial charge in [-0.3, -0.25) is 0 Å². The molecule has 0 aliphatic heterocycles. The minimum atomic E-state index is -0.224. The van der Waals surface area contributed by atoms with Crippen molar-refractivity contribution in [3.05, 3.63) is 54.3 Å². The number of urea groups is 1. The molecule has 0 aromatic heterocycles. The zero-order valence-electron chi connectivity index (χ0n) is 12.8. The fraction of sp³-hybridized carbons (Fsp3) is 0.235. The summed E-state index contributed by atoms with van der Waals surface area (Å²) in [5.41, 5.74) is 0.779. The van der Waals surface area contributed by atoms with E-state index >= 15 is 0 Å². The third kappa shape index (κ3) is 6.54. The second-order valence-electron chi connectivity index (χ2n) is 4.77. The van der Waals surface area contributed by atoms with Crippen LogP contribution in [-0.4, -0.2) is 24.6 Å². The van der Waals surface area contributed by atoms with E-state index in [-0.39, 0.29) is 11.8 Å². The summed E-state index contributed by atoms with van der Waals surface area (Å²) in [5.74, 6) is 0.646. The third-order valence-corrected chi connectivity index (χ3v) is 4.88. The lowest BCUT2D eigenvalue weighted by Crippen LogP contribution is -2.29. The van der Waals surface area contributed by atoms with Gasteiger partial charge in [-0.15, -0.1) is 23.5 Å². The molecule has 0 spiro atoms. The van der Waals surface area contributed by atoms with E-state index in [1.807, 2.05) is 30.5 Å². The van der Waals surface area contributed by atoms with E-state index in [1.54, 1.807) is 35.7 Å². The minimum absolute atomic E-state index is 0.200. The summed E-state index contributed by atoms with van der Waals surface area (Å²) in [6, 6.07) is 13.9. The highest BCUT2D eigenvalue weighted by Crippen LogP contribution is 2.19. The van der Waals surface area contributed by atoms with Crippen LogP contribution in [0, 0.1) is 5.82 Å². The zero-order chi connectivity index (χ0) is 16.5. The lowest BCUT2D eigenvalue weighted by molar-refractivity contribution is 0.252. The third-order valence-electron chi connectivity index (χ3n) is 3.04. The van der Waals surface area contributed by atoms with Gasteiger partial charge in [0.05, 0.1) is 0 Å². The summed E-state index contributed by atoms with van der Waals surface area (Å²) in [7, 11) is 0. The standard InChI is InChI=1S/C17H19FN2OS2/c1-22-15-9-5-14(6-10-15)20-17(21)19-11-2-12-23-16-7-3-13(18)4-8-16/h3-10H,2,11-12H2,1H3,(H2,19,20,21). The van der Waals surface area contributed by atoms with Crippen LogP contribution in [-0.2, 0) is 0 Å². The first-order chi connectivity index (χ1) is 11.2. The lowest BCUT2D eigenvalue weighted by atomic mass is 10.3. The van der Waals surface area contributed by atoms with Gasteiger partial charge in [0.2, 0.25) is 0 Å². The molecule has 2 rings (SSSR count). The van der Waals surface area contributed by atoms with E-state index < -0.39 is 0 Å². The van der Waals surface area contributed by atoms with Crippen LogP contribution in [0.2, 0.25) is 0 Å². The monoisotopic (exact) mass is 350 g/mol. The summed E-state index contributed by atoms with van der Waals surface area (Å²) < 4.78 is 12.8. The zero-order valence-corrected chi connectivity index (χ0v) is 14.5. The molecule has 2 amide bonds. The number of carbonyl (C=O) groups is 1. The topological polar surface area (TPSA) is 41.1 Å². The molecule has 122 valence electrons. The van der Waals surface area contributed by atoms with Gasteiger partial charge in [-0.05, 0) is 67.0 Å². The Balaban J connectivity index is 1.61. The first-order valence-corrected chi connectivity index (χ1v) is 9.45. The predicted molar refractivity (Wildman–Crippen MR) is 97.0 cm³/mol. The van der Waals surface area contributed by atoms with Crippen LogP contribution in [0.3, 0.4) is 0 Å². The second kappa shape index (κ2) is 9.47. The molecule has 0 unspecified atom stereocenters. The Bertz CT molecular complexity index is 617. The van der Waals surface area contributed by atoms with Crippen LogP contribution >= 0.6 is 23.5 Å². The highest BCUT2D eigenvalue weighted by molar-refractivity contribution is 7.99. The van der Waals surface area contributed by atoms with E-state index in [0.29, 0.717) is 6.54 Å². The number of hydrogen-bond donors (Lipinski definition) is 2. The highest BCUT2D eigenvalue weighted by atomic mass is 32.2. The Kier molecular flexibility index (Phi) is 7.29. The molecule has 0 atom stereocenters. The highest BCUT2D eigenvalue weighted by Gasteiger charge is 2.01. The molecule has 0 saturated carbocycles. The Hall–Kier alpha value is -1.66. The van der Waals surface area contributed by atoms with E-state index in [1.165, 1.54) is 12.1 Å². The average molecular weight is 350 g/mol. The van der Waals surface area contributed by atoms with Crippen molar-refractivity contribution in [2.24, 2.45) is 0 Å². The van der Waals surface area contributed by atoms with Crippen molar-refractivity contribution < 1.29 is 9.18 Å². The minimum Gasteiger partial charge on any atom is -0.338 e. The van der Waals surface area contributed by atoms with Crippen LogP contribution in [0.5, 0.6) is 0 Å². The van der Waals surface area contributed by atoms with Crippen molar-refractivity contribution in [2.45, 2.75) is 16.2 Å². The van der Waals surface area contributed by atoms with Crippen LogP contribution in [0.15, 0.2) is 58.3 Å². The van der Waals surface area contributed by atoms with Gasteiger partial charge in [-0.25, -0.2) is 9.18 Å². The largest absolute Gasteiger partial charge is 0.338 e. The number of benzene rings is 2. The molecule has 3 nitrogen and oxygen atoms in total. The second-order valence-corrected chi connectivity index (χ2v) is 6.81. The number of hydrogen-bond acceptors (Lipinski definition) is 3. The first kappa shape index (κ1) is 17.7. The van der Waals surface area contributed by atoms with Crippen molar-refractivity contribution in [2.75, 3.05) is 23.9 Å². The molecule has 0 heterocycles. The van der Waals surface area contributed by atoms with E-state index in [2.05, 4.69) is 10.6 Å². The van der Waals surface area contributed by atoms with Crippen LogP contribution in [0.1, 0.15) is 6.42 Å². The van der Waals surface area contributed by atoms with E-state index in [9.17, 15) is 9.18 Å². The molecule has 0 fully saturated rings. The smallest absolute Gasteiger partial charge is 0.319 e. The van der Waals surface area contributed by atoms with Crippen molar-refractivity contribution in [3.63, 3.8) is 0 Å². The van der Waals surface area contributed by atoms with Gasteiger partial charge >= 0.3 is 6.03 Å². The van der Waals surface area contributed by atoms with Crippen molar-refractivity contribution >= 4 is 35.2 Å². The Morgan fingerprint density at radius 2 is 1.70 bits per heavy atom. The number of amides is 2. The quantitative estimate of drug-likeness (QED) is 0.554. The number of thioether (sulfide) groups is 2. The lowest BCUT2D eigenvalue weighted by Gasteiger charge is -2.08. The summed E-state index contributed by atoms with van der Waals surface area (Å²) in [4.78, 5) is 14.0. The molecular weight excluding hydrogens is 331 g/mol. The predicted octanol–water partition coefficient (Wildman–Crippen LogP) is 4.85. The molecule has 0 aliphatic rings. The summed E-state index contributed by atoms with van der Waals surface area (Å²) in [6.45, 7) is 0.600. The van der Waals surface area contributed by atoms with Crippen molar-refractivity contribution in [1.29, 1.82) is 0 Å². The van der Waals surface area contributed by atoms with Gasteiger partial charge in [-0.2, -0.15) is 0 Å². The normalized spacial score (nSPS) is 10.3. The van der Waals surface area contributed by atoms with Gasteiger partial charge in [0, 0.05) is 22.0 Å². The maximum Gasteiger partial charge on any atom is 0.319 e. The van der Waals surface area contributed by atoms with Gasteiger partial charge in [0.25, 0.3) is 0 Å². The molecule has 23 heavy (non-hydrogen) atoms. The molecule has 2 N–H and O–H groups in total. The van der Waals surface area contributed by atoms with Gasteiger partial charge < -0.3 is 10.6 Å². The number of nitrogens with one attached hydrogen (secondary N) is 2. The van der Waals surface area contributed by atoms with Gasteiger partial charge in [0.15, 0.2) is 0 Å². The number of carbonyl (C=O) groups excluding carboxylic acids is 1. The molecule has 6 heteroatoms. The molecular formula is C17H19FN2OS2. The maximum atomic E-state index is 12.8. The van der Waals surface area contributed by atoms with Crippen LogP contribution in [0.25, 0.3) is 0 Å². The molecule has 0 saturated heterocycles. The Morgan fingerprint density at radius 1 is 1.04 bits per heavy atom. The number of halogens is 1.